The van der Waals surface area contributed by atoms with Gasteiger partial charge in [0.25, 0.3) is 5.69 Å². The molecule has 1 amide bonds. The summed E-state index contributed by atoms with van der Waals surface area (Å²) in [7, 11) is -3.88. The Morgan fingerprint density at radius 3 is 2.31 bits per heavy atom. The van der Waals surface area contributed by atoms with Crippen molar-refractivity contribution in [3.05, 3.63) is 76.0 Å². The third-order valence-corrected chi connectivity index (χ3v) is 7.29. The molecule has 150 valence electrons. The fraction of sp³-hybridized carbons (Fsp3) is 0.158. The summed E-state index contributed by atoms with van der Waals surface area (Å²) in [6, 6.07) is 12.3. The molecule has 0 radical (unpaired) electrons. The van der Waals surface area contributed by atoms with Gasteiger partial charge in [0.1, 0.15) is 4.21 Å². The normalized spacial score (nSPS) is 11.2. The average Bonchev–Trinajstić information content (AvgIpc) is 3.17. The van der Waals surface area contributed by atoms with Crippen molar-refractivity contribution in [1.82, 2.24) is 4.98 Å². The lowest BCUT2D eigenvalue weighted by atomic mass is 10.1. The van der Waals surface area contributed by atoms with E-state index in [1.165, 1.54) is 17.7 Å². The third-order valence-electron chi connectivity index (χ3n) is 4.15. The number of nitro benzene ring substituents is 1. The Hall–Kier alpha value is -3.11. The number of sulfone groups is 1. The first-order valence-corrected chi connectivity index (χ1v) is 10.9. The summed E-state index contributed by atoms with van der Waals surface area (Å²) in [5.74, 6) is -0.303. The topological polar surface area (TPSA) is 119 Å². The zero-order valence-corrected chi connectivity index (χ0v) is 17.0. The summed E-state index contributed by atoms with van der Waals surface area (Å²) in [4.78, 5) is 26.2. The zero-order valence-electron chi connectivity index (χ0n) is 15.4. The van der Waals surface area contributed by atoms with Crippen molar-refractivity contribution in [3.63, 3.8) is 0 Å². The van der Waals surface area contributed by atoms with Gasteiger partial charge in [-0.15, -0.1) is 0 Å². The number of benzene rings is 2. The van der Waals surface area contributed by atoms with E-state index < -0.39 is 14.8 Å². The van der Waals surface area contributed by atoms with Crippen molar-refractivity contribution < 1.29 is 18.1 Å². The first kappa shape index (κ1) is 20.6. The smallest absolute Gasteiger partial charge is 0.269 e. The second-order valence-corrected chi connectivity index (χ2v) is 9.34. The van der Waals surface area contributed by atoms with Crippen LogP contribution in [0.5, 0.6) is 0 Å². The number of anilines is 1. The highest BCUT2D eigenvalue weighted by Gasteiger charge is 2.22. The van der Waals surface area contributed by atoms with E-state index in [0.29, 0.717) is 0 Å². The molecule has 0 unspecified atom stereocenters. The van der Waals surface area contributed by atoms with Crippen LogP contribution in [0, 0.1) is 10.1 Å². The van der Waals surface area contributed by atoms with Crippen LogP contribution >= 0.6 is 11.3 Å². The molecule has 0 bridgehead atoms. The third kappa shape index (κ3) is 4.84. The van der Waals surface area contributed by atoms with Gasteiger partial charge in [-0.05, 0) is 29.7 Å². The molecule has 0 saturated carbocycles. The fourth-order valence-electron chi connectivity index (χ4n) is 2.55. The lowest BCUT2D eigenvalue weighted by Gasteiger charge is -2.03. The molecule has 0 atom stereocenters. The molecule has 2 aromatic carbocycles. The summed E-state index contributed by atoms with van der Waals surface area (Å²) in [6.07, 6.45) is 2.22. The molecule has 1 aromatic heterocycles. The molecule has 1 N–H and O–H groups in total. The highest BCUT2D eigenvalue weighted by molar-refractivity contribution is 7.93. The van der Waals surface area contributed by atoms with Crippen LogP contribution in [0.3, 0.4) is 0 Å². The number of carbonyl (C=O) groups excluding carboxylic acids is 1. The number of nitrogens with one attached hydrogen (secondary N) is 1. The number of hydrogen-bond donors (Lipinski definition) is 1. The molecule has 0 aliphatic carbocycles. The largest absolute Gasteiger partial charge is 0.302 e. The van der Waals surface area contributed by atoms with Crippen LogP contribution in [0.1, 0.15) is 18.1 Å². The van der Waals surface area contributed by atoms with Gasteiger partial charge in [0.2, 0.25) is 15.7 Å². The van der Waals surface area contributed by atoms with Crippen LogP contribution < -0.4 is 5.32 Å². The summed E-state index contributed by atoms with van der Waals surface area (Å²) in [6.45, 7) is 2.05. The van der Waals surface area contributed by atoms with Gasteiger partial charge < -0.3 is 5.32 Å². The fourth-order valence-corrected chi connectivity index (χ4v) is 4.99. The molecule has 0 aliphatic rings. The van der Waals surface area contributed by atoms with Gasteiger partial charge >= 0.3 is 0 Å². The van der Waals surface area contributed by atoms with Crippen molar-refractivity contribution in [2.75, 3.05) is 5.32 Å². The zero-order chi connectivity index (χ0) is 21.0. The maximum Gasteiger partial charge on any atom is 0.269 e. The van der Waals surface area contributed by atoms with E-state index in [1.807, 2.05) is 31.2 Å². The predicted molar refractivity (Wildman–Crippen MR) is 109 cm³/mol. The van der Waals surface area contributed by atoms with E-state index in [-0.39, 0.29) is 32.3 Å². The van der Waals surface area contributed by atoms with Gasteiger partial charge in [-0.1, -0.05) is 42.5 Å². The van der Waals surface area contributed by atoms with Gasteiger partial charge in [0, 0.05) is 12.1 Å². The number of rotatable bonds is 7. The molecule has 3 aromatic rings. The van der Waals surface area contributed by atoms with Gasteiger partial charge in [0.05, 0.1) is 22.4 Å². The Labute approximate surface area is 171 Å². The Morgan fingerprint density at radius 2 is 1.72 bits per heavy atom. The quantitative estimate of drug-likeness (QED) is 0.451. The predicted octanol–water partition coefficient (Wildman–Crippen LogP) is 3.63. The highest BCUT2D eigenvalue weighted by Crippen LogP contribution is 2.29. The Balaban J connectivity index is 1.70. The Bertz CT molecular complexity index is 1140. The van der Waals surface area contributed by atoms with E-state index in [1.54, 1.807) is 0 Å². The van der Waals surface area contributed by atoms with Crippen LogP contribution in [0.15, 0.2) is 63.8 Å². The standard InChI is InChI=1S/C19H17N3O5S2/c1-2-13-3-5-14(6-4-13)11-17(23)21-19-20-12-18(28-19)29(26,27)16-9-7-15(8-10-16)22(24)25/h3-10,12H,2,11H2,1H3,(H,20,21,23). The highest BCUT2D eigenvalue weighted by atomic mass is 32.2. The summed E-state index contributed by atoms with van der Waals surface area (Å²) in [5.41, 5.74) is 1.82. The summed E-state index contributed by atoms with van der Waals surface area (Å²) >= 11 is 0.825. The monoisotopic (exact) mass is 431 g/mol. The molecular formula is C19H17N3O5S2. The van der Waals surface area contributed by atoms with Crippen molar-refractivity contribution in [2.45, 2.75) is 28.9 Å². The Morgan fingerprint density at radius 1 is 1.10 bits per heavy atom. The van der Waals surface area contributed by atoms with E-state index in [2.05, 4.69) is 10.3 Å². The van der Waals surface area contributed by atoms with Gasteiger partial charge in [0.15, 0.2) is 5.13 Å². The Kier molecular flexibility index (Phi) is 6.04. The molecule has 0 saturated heterocycles. The second-order valence-electron chi connectivity index (χ2n) is 6.13. The minimum Gasteiger partial charge on any atom is -0.302 e. The van der Waals surface area contributed by atoms with E-state index in [0.717, 1.165) is 41.7 Å². The number of aryl methyl sites for hydroxylation is 1. The molecule has 29 heavy (non-hydrogen) atoms. The average molecular weight is 431 g/mol. The lowest BCUT2D eigenvalue weighted by molar-refractivity contribution is -0.384. The van der Waals surface area contributed by atoms with E-state index in [4.69, 9.17) is 0 Å². The molecule has 10 heteroatoms. The van der Waals surface area contributed by atoms with Crippen molar-refractivity contribution >= 4 is 37.9 Å². The maximum absolute atomic E-state index is 12.7. The minimum absolute atomic E-state index is 0.0612. The van der Waals surface area contributed by atoms with Crippen LogP contribution in [0.2, 0.25) is 0 Å². The van der Waals surface area contributed by atoms with E-state index in [9.17, 15) is 23.3 Å². The number of thiazole rings is 1. The molecule has 0 fully saturated rings. The minimum atomic E-state index is -3.88. The second kappa shape index (κ2) is 8.50. The molecular weight excluding hydrogens is 414 g/mol. The number of amides is 1. The maximum atomic E-state index is 12.7. The van der Waals surface area contributed by atoms with Gasteiger partial charge in [-0.3, -0.25) is 14.9 Å². The molecule has 0 spiro atoms. The lowest BCUT2D eigenvalue weighted by Crippen LogP contribution is -2.14. The first-order chi connectivity index (χ1) is 13.8. The first-order valence-electron chi connectivity index (χ1n) is 8.62. The molecule has 8 nitrogen and oxygen atoms in total. The van der Waals surface area contributed by atoms with E-state index >= 15 is 0 Å². The number of nitrogens with zero attached hydrogens (tertiary/aromatic N) is 2. The number of hydrogen-bond acceptors (Lipinski definition) is 7. The number of carbonyl (C=O) groups is 1. The number of nitro groups is 1. The van der Waals surface area contributed by atoms with Crippen LogP contribution in [0.25, 0.3) is 0 Å². The molecule has 3 rings (SSSR count). The van der Waals surface area contributed by atoms with Crippen LogP contribution in [0.4, 0.5) is 10.8 Å². The number of non-ortho nitro benzene ring substituents is 1. The van der Waals surface area contributed by atoms with Crippen molar-refractivity contribution in [3.8, 4) is 0 Å². The summed E-state index contributed by atoms with van der Waals surface area (Å²) in [5, 5.41) is 13.5. The number of aromatic nitrogens is 1. The van der Waals surface area contributed by atoms with Gasteiger partial charge in [-0.25, -0.2) is 13.4 Å². The van der Waals surface area contributed by atoms with Crippen molar-refractivity contribution in [1.29, 1.82) is 0 Å². The van der Waals surface area contributed by atoms with Crippen LogP contribution in [-0.4, -0.2) is 24.2 Å². The molecule has 1 heterocycles. The van der Waals surface area contributed by atoms with Crippen molar-refractivity contribution in [2.24, 2.45) is 0 Å². The van der Waals surface area contributed by atoms with Crippen LogP contribution in [-0.2, 0) is 27.5 Å². The summed E-state index contributed by atoms with van der Waals surface area (Å²) < 4.78 is 25.2. The molecule has 0 aliphatic heterocycles. The van der Waals surface area contributed by atoms with Gasteiger partial charge in [-0.2, -0.15) is 0 Å². The SMILES string of the molecule is CCc1ccc(CC(=O)Nc2ncc(S(=O)(=O)c3ccc([N+](=O)[O-])cc3)s2)cc1.